The molecule has 6 nitrogen and oxygen atoms in total. The van der Waals surface area contributed by atoms with Gasteiger partial charge in [0.1, 0.15) is 11.5 Å². The third kappa shape index (κ3) is 7.26. The van der Waals surface area contributed by atoms with Crippen molar-refractivity contribution in [2.45, 2.75) is 34.1 Å². The molecule has 1 N–H and O–H groups in total. The first kappa shape index (κ1) is 23.6. The second-order valence-electron chi connectivity index (χ2n) is 6.69. The maximum Gasteiger partial charge on any atom is 0.277 e. The molecule has 0 unspecified atom stereocenters. The number of benzene rings is 1. The van der Waals surface area contributed by atoms with Crippen molar-refractivity contribution in [2.24, 2.45) is 5.10 Å². The van der Waals surface area contributed by atoms with E-state index in [1.807, 2.05) is 88.5 Å². The first-order valence-corrected chi connectivity index (χ1v) is 10.3. The highest BCUT2D eigenvalue weighted by Gasteiger charge is 2.10. The van der Waals surface area contributed by atoms with E-state index < -0.39 is 0 Å². The van der Waals surface area contributed by atoms with Crippen molar-refractivity contribution in [1.82, 2.24) is 15.2 Å². The quantitative estimate of drug-likeness (QED) is 0.494. The Morgan fingerprint density at radius 3 is 2.74 bits per heavy atom. The second-order valence-corrected chi connectivity index (χ2v) is 6.69. The van der Waals surface area contributed by atoms with Gasteiger partial charge in [0.05, 0.1) is 6.21 Å². The average molecular weight is 419 g/mol. The summed E-state index contributed by atoms with van der Waals surface area (Å²) in [5.74, 6) is 0.329. The summed E-state index contributed by atoms with van der Waals surface area (Å²) in [7, 11) is 0. The van der Waals surface area contributed by atoms with E-state index in [1.165, 1.54) is 5.56 Å². The zero-order valence-electron chi connectivity index (χ0n) is 18.6. The van der Waals surface area contributed by atoms with Crippen LogP contribution >= 0.6 is 0 Å². The smallest absolute Gasteiger partial charge is 0.277 e. The number of aromatic nitrogens is 2. The zero-order chi connectivity index (χ0) is 22.6. The number of rotatable bonds is 7. The number of hydrogen-bond donors (Lipinski definition) is 1. The summed E-state index contributed by atoms with van der Waals surface area (Å²) in [6, 6.07) is 8.07. The van der Waals surface area contributed by atoms with Gasteiger partial charge in [0.15, 0.2) is 6.61 Å². The summed E-state index contributed by atoms with van der Waals surface area (Å²) in [4.78, 5) is 12.0. The van der Waals surface area contributed by atoms with Gasteiger partial charge >= 0.3 is 0 Å². The summed E-state index contributed by atoms with van der Waals surface area (Å²) < 4.78 is 7.18. The van der Waals surface area contributed by atoms with Crippen LogP contribution in [0.2, 0.25) is 0 Å². The lowest BCUT2D eigenvalue weighted by Crippen LogP contribution is -2.22. The number of hydrogen-bond acceptors (Lipinski definition) is 4. The van der Waals surface area contributed by atoms with Gasteiger partial charge in [-0.15, -0.1) is 0 Å². The van der Waals surface area contributed by atoms with Crippen LogP contribution in [0.25, 0.3) is 17.0 Å². The maximum absolute atomic E-state index is 12.0. The van der Waals surface area contributed by atoms with E-state index in [1.54, 1.807) is 10.9 Å². The number of carbonyl (C=O) groups excluding carboxylic acids is 1. The second kappa shape index (κ2) is 12.1. The highest BCUT2D eigenvalue weighted by Crippen LogP contribution is 2.22. The van der Waals surface area contributed by atoms with E-state index in [2.05, 4.69) is 22.2 Å². The Kier molecular flexibility index (Phi) is 9.23. The van der Waals surface area contributed by atoms with Gasteiger partial charge in [-0.1, -0.05) is 68.5 Å². The first-order chi connectivity index (χ1) is 15.0. The molecular weight excluding hydrogens is 388 g/mol. The standard InChI is InChI=1S/C23H24N4O2.C2H6/c1-17(2)27-15-20(23(26-27)19-12-10-18(3)11-13-19)14-24-25-22(28)16-29-21-8-6-4-5-7-9-21;1-2/h4-6,8-15H,1,7,16H2,2-3H3,(H,25,28);1-2H3/b24-14+;. The molecule has 1 aliphatic rings. The van der Waals surface area contributed by atoms with Crippen molar-refractivity contribution in [3.05, 3.63) is 84.3 Å². The summed E-state index contributed by atoms with van der Waals surface area (Å²) in [6.45, 7) is 11.7. The molecule has 1 amide bonds. The number of nitrogens with one attached hydrogen (secondary N) is 1. The van der Waals surface area contributed by atoms with E-state index in [9.17, 15) is 4.79 Å². The maximum atomic E-state index is 12.0. The third-order valence-corrected chi connectivity index (χ3v) is 4.18. The summed E-state index contributed by atoms with van der Waals surface area (Å²) in [6.07, 6.45) is 13.7. The number of aryl methyl sites for hydroxylation is 1. The molecule has 0 radical (unpaired) electrons. The molecule has 0 atom stereocenters. The van der Waals surface area contributed by atoms with Crippen molar-refractivity contribution < 1.29 is 9.53 Å². The van der Waals surface area contributed by atoms with Gasteiger partial charge in [-0.2, -0.15) is 10.2 Å². The Morgan fingerprint density at radius 1 is 1.29 bits per heavy atom. The van der Waals surface area contributed by atoms with E-state index in [0.29, 0.717) is 5.76 Å². The van der Waals surface area contributed by atoms with Gasteiger partial charge in [-0.25, -0.2) is 10.1 Å². The van der Waals surface area contributed by atoms with Gasteiger partial charge in [0.2, 0.25) is 0 Å². The van der Waals surface area contributed by atoms with Crippen molar-refractivity contribution >= 4 is 17.8 Å². The van der Waals surface area contributed by atoms with Crippen LogP contribution in [0.5, 0.6) is 0 Å². The molecular formula is C25H30N4O2. The highest BCUT2D eigenvalue weighted by atomic mass is 16.5. The topological polar surface area (TPSA) is 68.5 Å². The van der Waals surface area contributed by atoms with E-state index in [0.717, 1.165) is 28.9 Å². The number of ether oxygens (including phenoxy) is 1. The SMILES string of the molecule is C=C(C)n1cc(/C=N/NC(=O)COC2=CCC=CC=C2)c(-c2ccc(C)cc2)n1.CC. The van der Waals surface area contributed by atoms with Crippen molar-refractivity contribution in [3.8, 4) is 11.3 Å². The molecule has 1 aromatic carbocycles. The van der Waals surface area contributed by atoms with Crippen LogP contribution in [0.4, 0.5) is 0 Å². The first-order valence-electron chi connectivity index (χ1n) is 10.3. The van der Waals surface area contributed by atoms with E-state index in [-0.39, 0.29) is 12.5 Å². The zero-order valence-corrected chi connectivity index (χ0v) is 18.6. The Morgan fingerprint density at radius 2 is 2.03 bits per heavy atom. The molecule has 0 bridgehead atoms. The predicted molar refractivity (Wildman–Crippen MR) is 127 cm³/mol. The number of nitrogens with zero attached hydrogens (tertiary/aromatic N) is 3. The van der Waals surface area contributed by atoms with Crippen LogP contribution in [-0.2, 0) is 9.53 Å². The summed E-state index contributed by atoms with van der Waals surface area (Å²) in [5.41, 5.74) is 6.96. The number of amides is 1. The molecule has 0 saturated carbocycles. The minimum absolute atomic E-state index is 0.108. The van der Waals surface area contributed by atoms with Crippen LogP contribution in [0.3, 0.4) is 0 Å². The van der Waals surface area contributed by atoms with Gasteiger partial charge in [0, 0.05) is 23.0 Å². The minimum Gasteiger partial charge on any atom is -0.484 e. The van der Waals surface area contributed by atoms with Crippen molar-refractivity contribution in [3.63, 3.8) is 0 Å². The fourth-order valence-corrected chi connectivity index (χ4v) is 2.63. The van der Waals surface area contributed by atoms with E-state index >= 15 is 0 Å². The largest absolute Gasteiger partial charge is 0.484 e. The Balaban J connectivity index is 0.00000166. The lowest BCUT2D eigenvalue weighted by Gasteiger charge is -2.05. The molecule has 1 heterocycles. The third-order valence-electron chi connectivity index (χ3n) is 4.18. The molecule has 0 saturated heterocycles. The lowest BCUT2D eigenvalue weighted by atomic mass is 10.1. The molecule has 1 aliphatic carbocycles. The number of hydrazone groups is 1. The minimum atomic E-state index is -0.336. The number of carbonyl (C=O) groups is 1. The van der Waals surface area contributed by atoms with Crippen LogP contribution in [-0.4, -0.2) is 28.5 Å². The van der Waals surface area contributed by atoms with Gasteiger partial charge in [-0.3, -0.25) is 4.79 Å². The predicted octanol–water partition coefficient (Wildman–Crippen LogP) is 5.24. The van der Waals surface area contributed by atoms with Crippen molar-refractivity contribution in [2.75, 3.05) is 6.61 Å². The summed E-state index contributed by atoms with van der Waals surface area (Å²) >= 11 is 0. The fourth-order valence-electron chi connectivity index (χ4n) is 2.63. The van der Waals surface area contributed by atoms with Crippen LogP contribution < -0.4 is 5.43 Å². The molecule has 1 aromatic heterocycles. The molecule has 6 heteroatoms. The molecule has 3 rings (SSSR count). The molecule has 0 aliphatic heterocycles. The van der Waals surface area contributed by atoms with E-state index in [4.69, 9.17) is 4.74 Å². The van der Waals surface area contributed by atoms with Crippen LogP contribution in [0, 0.1) is 6.92 Å². The van der Waals surface area contributed by atoms with Gasteiger partial charge in [0.25, 0.3) is 5.91 Å². The van der Waals surface area contributed by atoms with Gasteiger partial charge < -0.3 is 4.74 Å². The Labute approximate surface area is 184 Å². The highest BCUT2D eigenvalue weighted by molar-refractivity contribution is 5.90. The Bertz CT molecular complexity index is 1010. The fraction of sp³-hybridized carbons (Fsp3) is 0.240. The van der Waals surface area contributed by atoms with Gasteiger partial charge in [-0.05, 0) is 32.4 Å². The van der Waals surface area contributed by atoms with Crippen LogP contribution in [0.1, 0.15) is 38.3 Å². The normalized spacial score (nSPS) is 12.6. The molecule has 0 fully saturated rings. The average Bonchev–Trinajstić information content (AvgIpc) is 3.02. The lowest BCUT2D eigenvalue weighted by molar-refractivity contribution is -0.124. The number of allylic oxidation sites excluding steroid dienone is 6. The Hall–Kier alpha value is -3.67. The monoisotopic (exact) mass is 418 g/mol. The van der Waals surface area contributed by atoms with Crippen LogP contribution in [0.15, 0.2) is 78.3 Å². The molecule has 2 aromatic rings. The summed E-state index contributed by atoms with van der Waals surface area (Å²) in [5, 5.41) is 8.64. The molecule has 31 heavy (non-hydrogen) atoms. The molecule has 0 spiro atoms. The van der Waals surface area contributed by atoms with Crippen molar-refractivity contribution in [1.29, 1.82) is 0 Å². The molecule has 162 valence electrons.